The third kappa shape index (κ3) is 4.06. The number of rotatable bonds is 6. The van der Waals surface area contributed by atoms with Gasteiger partial charge in [-0.25, -0.2) is 8.42 Å². The van der Waals surface area contributed by atoms with E-state index in [4.69, 9.17) is 0 Å². The Morgan fingerprint density at radius 3 is 2.59 bits per heavy atom. The summed E-state index contributed by atoms with van der Waals surface area (Å²) in [5.41, 5.74) is 3.44. The molecule has 0 amide bonds. The molecule has 7 heteroatoms. The summed E-state index contributed by atoms with van der Waals surface area (Å²) in [6.07, 6.45) is 6.94. The lowest BCUT2D eigenvalue weighted by molar-refractivity contribution is 0.195. The van der Waals surface area contributed by atoms with Crippen LogP contribution in [0.2, 0.25) is 0 Å². The lowest BCUT2D eigenvalue weighted by Crippen LogP contribution is -2.40. The van der Waals surface area contributed by atoms with E-state index in [1.165, 1.54) is 16.6 Å². The number of hydrogen-bond donors (Lipinski definition) is 2. The molecule has 4 heterocycles. The first kappa shape index (κ1) is 21.9. The summed E-state index contributed by atoms with van der Waals surface area (Å²) in [6, 6.07) is 18.3. The summed E-state index contributed by atoms with van der Waals surface area (Å²) in [5, 5.41) is 2.32. The maximum absolute atomic E-state index is 13.4. The molecule has 0 saturated carbocycles. The Kier molecular flexibility index (Phi) is 5.71. The van der Waals surface area contributed by atoms with Crippen molar-refractivity contribution in [3.8, 4) is 0 Å². The summed E-state index contributed by atoms with van der Waals surface area (Å²) in [5.74, 6) is 0.579. The first-order valence-corrected chi connectivity index (χ1v) is 13.9. The van der Waals surface area contributed by atoms with E-state index in [2.05, 4.69) is 45.2 Å². The molecule has 2 aromatic heterocycles. The van der Waals surface area contributed by atoms with E-state index < -0.39 is 10.0 Å². The molecule has 178 valence electrons. The lowest BCUT2D eigenvalue weighted by Gasteiger charge is -2.33. The van der Waals surface area contributed by atoms with Crippen molar-refractivity contribution in [3.05, 3.63) is 66.5 Å². The zero-order valence-corrected chi connectivity index (χ0v) is 20.2. The second-order valence-corrected chi connectivity index (χ2v) is 11.7. The van der Waals surface area contributed by atoms with Crippen molar-refractivity contribution in [2.24, 2.45) is 0 Å². The molecule has 2 aromatic carbocycles. The number of nitrogens with one attached hydrogen (secondary N) is 2. The summed E-state index contributed by atoms with van der Waals surface area (Å²) >= 11 is 0. The van der Waals surface area contributed by atoms with Gasteiger partial charge >= 0.3 is 0 Å². The molecule has 34 heavy (non-hydrogen) atoms. The van der Waals surface area contributed by atoms with Crippen LogP contribution in [-0.2, 0) is 10.0 Å². The fraction of sp³-hybridized carbons (Fsp3) is 0.407. The van der Waals surface area contributed by atoms with E-state index in [9.17, 15) is 8.42 Å². The molecule has 4 aromatic rings. The van der Waals surface area contributed by atoms with Gasteiger partial charge in [0.1, 0.15) is 0 Å². The molecule has 0 spiro atoms. The summed E-state index contributed by atoms with van der Waals surface area (Å²) < 4.78 is 28.6. The molecule has 0 radical (unpaired) electrons. The number of hydrogen-bond acceptors (Lipinski definition) is 3. The van der Waals surface area contributed by atoms with Crippen LogP contribution in [-0.4, -0.2) is 59.8 Å². The van der Waals surface area contributed by atoms with E-state index in [0.29, 0.717) is 17.4 Å². The first-order chi connectivity index (χ1) is 16.6. The van der Waals surface area contributed by atoms with Gasteiger partial charge < -0.3 is 14.9 Å². The SMILES string of the molecule is O=S(=O)(c1ccc2cc[nH]c2c1)N1CCC[C@@H]1CCN1CCC(c2cc3ccccc3[nH]2)CC1. The number of aromatic amines is 2. The summed E-state index contributed by atoms with van der Waals surface area (Å²) in [7, 11) is -3.48. The number of aromatic nitrogens is 2. The molecule has 6 rings (SSSR count). The Bertz CT molecular complexity index is 1370. The van der Waals surface area contributed by atoms with Crippen LogP contribution >= 0.6 is 0 Å². The standard InChI is InChI=1S/C27H32N4O2S/c32-34(33,24-8-7-20-9-13-28-26(20)19-24)31-14-3-5-23(31)12-17-30-15-10-21(11-16-30)27-18-22-4-1-2-6-25(22)29-27/h1-2,4,6-9,13,18-19,21,23,28-29H,3,5,10-12,14-17H2/t23-/m1/s1. The summed E-state index contributed by atoms with van der Waals surface area (Å²) in [6.45, 7) is 3.73. The molecule has 0 bridgehead atoms. The van der Waals surface area contributed by atoms with Crippen molar-refractivity contribution in [2.75, 3.05) is 26.2 Å². The molecule has 2 saturated heterocycles. The molecular weight excluding hydrogens is 444 g/mol. The predicted octanol–water partition coefficient (Wildman–Crippen LogP) is 5.07. The Morgan fingerprint density at radius 1 is 0.882 bits per heavy atom. The van der Waals surface area contributed by atoms with E-state index in [0.717, 1.165) is 62.6 Å². The van der Waals surface area contributed by atoms with Gasteiger partial charge in [-0.3, -0.25) is 0 Å². The van der Waals surface area contributed by atoms with Crippen LogP contribution in [0.15, 0.2) is 65.7 Å². The fourth-order valence-electron chi connectivity index (χ4n) is 5.85. The lowest BCUT2D eigenvalue weighted by atomic mass is 9.93. The van der Waals surface area contributed by atoms with Gasteiger partial charge in [0, 0.05) is 41.4 Å². The van der Waals surface area contributed by atoms with E-state index >= 15 is 0 Å². The predicted molar refractivity (Wildman–Crippen MR) is 137 cm³/mol. The first-order valence-electron chi connectivity index (χ1n) is 12.5. The minimum atomic E-state index is -3.48. The van der Waals surface area contributed by atoms with Gasteiger partial charge in [-0.2, -0.15) is 4.31 Å². The van der Waals surface area contributed by atoms with Crippen LogP contribution in [0, 0.1) is 0 Å². The quantitative estimate of drug-likeness (QED) is 0.408. The maximum atomic E-state index is 13.4. The highest BCUT2D eigenvalue weighted by Crippen LogP contribution is 2.32. The highest BCUT2D eigenvalue weighted by atomic mass is 32.2. The van der Waals surface area contributed by atoms with E-state index in [1.54, 1.807) is 16.4 Å². The monoisotopic (exact) mass is 476 g/mol. The van der Waals surface area contributed by atoms with Crippen LogP contribution in [0.4, 0.5) is 0 Å². The van der Waals surface area contributed by atoms with Crippen molar-refractivity contribution in [1.82, 2.24) is 19.2 Å². The fourth-order valence-corrected chi connectivity index (χ4v) is 7.60. The van der Waals surface area contributed by atoms with Crippen LogP contribution in [0.25, 0.3) is 21.8 Å². The molecule has 1 atom stereocenters. The van der Waals surface area contributed by atoms with Crippen molar-refractivity contribution < 1.29 is 8.42 Å². The average molecular weight is 477 g/mol. The zero-order valence-electron chi connectivity index (χ0n) is 19.4. The summed E-state index contributed by atoms with van der Waals surface area (Å²) in [4.78, 5) is 9.66. The van der Waals surface area contributed by atoms with Gasteiger partial charge in [0.25, 0.3) is 0 Å². The number of piperidine rings is 1. The topological polar surface area (TPSA) is 72.2 Å². The molecular formula is C27H32N4O2S. The van der Waals surface area contributed by atoms with E-state index in [-0.39, 0.29) is 6.04 Å². The van der Waals surface area contributed by atoms with Gasteiger partial charge in [-0.15, -0.1) is 0 Å². The van der Waals surface area contributed by atoms with Crippen molar-refractivity contribution in [3.63, 3.8) is 0 Å². The van der Waals surface area contributed by atoms with Gasteiger partial charge in [0.15, 0.2) is 0 Å². The zero-order chi connectivity index (χ0) is 23.1. The highest BCUT2D eigenvalue weighted by Gasteiger charge is 2.35. The smallest absolute Gasteiger partial charge is 0.243 e. The molecule has 0 aliphatic carbocycles. The maximum Gasteiger partial charge on any atom is 0.243 e. The van der Waals surface area contributed by atoms with Crippen molar-refractivity contribution in [1.29, 1.82) is 0 Å². The number of likely N-dealkylation sites (tertiary alicyclic amines) is 1. The van der Waals surface area contributed by atoms with Crippen LogP contribution < -0.4 is 0 Å². The number of fused-ring (bicyclic) bond motifs is 2. The van der Waals surface area contributed by atoms with E-state index in [1.807, 2.05) is 18.3 Å². The molecule has 2 aliphatic rings. The number of H-pyrrole nitrogens is 2. The average Bonchev–Trinajstić information content (AvgIpc) is 3.61. The van der Waals surface area contributed by atoms with Crippen molar-refractivity contribution in [2.45, 2.75) is 49.0 Å². The minimum Gasteiger partial charge on any atom is -0.361 e. The Morgan fingerprint density at radius 2 is 1.74 bits per heavy atom. The van der Waals surface area contributed by atoms with Gasteiger partial charge in [-0.05, 0) is 92.8 Å². The third-order valence-electron chi connectivity index (χ3n) is 7.81. The normalized spacial score (nSPS) is 21.1. The minimum absolute atomic E-state index is 0.0933. The van der Waals surface area contributed by atoms with Gasteiger partial charge in [0.2, 0.25) is 10.0 Å². The number of sulfonamides is 1. The third-order valence-corrected chi connectivity index (χ3v) is 9.76. The Hall–Kier alpha value is -2.61. The van der Waals surface area contributed by atoms with Crippen LogP contribution in [0.1, 0.15) is 43.7 Å². The Balaban J connectivity index is 1.07. The molecule has 2 fully saturated rings. The number of benzene rings is 2. The Labute approximate surface area is 201 Å². The highest BCUT2D eigenvalue weighted by molar-refractivity contribution is 7.89. The van der Waals surface area contributed by atoms with Gasteiger partial charge in [0.05, 0.1) is 4.90 Å². The second kappa shape index (κ2) is 8.87. The number of nitrogens with zero attached hydrogens (tertiary/aromatic N) is 2. The molecule has 0 unspecified atom stereocenters. The van der Waals surface area contributed by atoms with Crippen molar-refractivity contribution >= 4 is 31.8 Å². The van der Waals surface area contributed by atoms with Crippen LogP contribution in [0.5, 0.6) is 0 Å². The largest absolute Gasteiger partial charge is 0.361 e. The second-order valence-electron chi connectivity index (χ2n) is 9.86. The van der Waals surface area contributed by atoms with Gasteiger partial charge in [-0.1, -0.05) is 24.3 Å². The molecule has 2 aliphatic heterocycles. The molecule has 6 nitrogen and oxygen atoms in total. The molecule has 2 N–H and O–H groups in total. The van der Waals surface area contributed by atoms with Crippen LogP contribution in [0.3, 0.4) is 0 Å². The number of para-hydroxylation sites is 1.